The molecule has 4 aliphatic rings. The number of hydrogen-bond donors (Lipinski definition) is 0. The van der Waals surface area contributed by atoms with Gasteiger partial charge in [-0.05, 0) is 185 Å². The Morgan fingerprint density at radius 1 is 0.177 bits per heavy atom. The molecule has 0 amide bonds. The van der Waals surface area contributed by atoms with Crippen molar-refractivity contribution in [2.45, 2.75) is 43.9 Å². The van der Waals surface area contributed by atoms with E-state index in [1.54, 1.807) is 0 Å². The zero-order chi connectivity index (χ0) is 52.8. The van der Waals surface area contributed by atoms with Gasteiger partial charge in [-0.1, -0.05) is 265 Å². The predicted octanol–water partition coefficient (Wildman–Crippen LogP) is 19.3. The van der Waals surface area contributed by atoms with Gasteiger partial charge < -0.3 is 0 Å². The Bertz CT molecular complexity index is 4110. The average molecular weight is 1010 g/mol. The van der Waals surface area contributed by atoms with Gasteiger partial charge in [0.1, 0.15) is 0 Å². The molecule has 0 aromatic heterocycles. The molecule has 12 aromatic carbocycles. The van der Waals surface area contributed by atoms with Crippen LogP contribution < -0.4 is 0 Å². The molecule has 0 heterocycles. The van der Waals surface area contributed by atoms with E-state index in [4.69, 9.17) is 0 Å². The molecule has 0 fully saturated rings. The molecule has 0 nitrogen and oxygen atoms in total. The Hall–Kier alpha value is -9.36. The second-order valence-corrected chi connectivity index (χ2v) is 22.9. The lowest BCUT2D eigenvalue weighted by atomic mass is 9.67. The summed E-state index contributed by atoms with van der Waals surface area (Å²) in [5.41, 5.74) is 34.5. The maximum absolute atomic E-state index is 2.56. The summed E-state index contributed by atoms with van der Waals surface area (Å²) in [5.74, 6) is 0. The van der Waals surface area contributed by atoms with Crippen LogP contribution in [0.25, 0.3) is 66.8 Å². The summed E-state index contributed by atoms with van der Waals surface area (Å²) < 4.78 is 0. The third-order valence-corrected chi connectivity index (χ3v) is 18.8. The molecule has 16 rings (SSSR count). The van der Waals surface area contributed by atoms with Gasteiger partial charge in [0.15, 0.2) is 0 Å². The van der Waals surface area contributed by atoms with Crippen LogP contribution in [0.5, 0.6) is 0 Å². The number of rotatable bonds is 6. The Balaban J connectivity index is 0.904. The quantitative estimate of drug-likeness (QED) is 0.156. The number of benzene rings is 12. The molecular formula is C79H56. The number of fused-ring (bicyclic) bond motifs is 16. The minimum atomic E-state index is -0.551. The van der Waals surface area contributed by atoms with Crippen LogP contribution >= 0.6 is 0 Å². The van der Waals surface area contributed by atoms with E-state index in [0.717, 1.165) is 0 Å². The standard InChI is InChI=1S/C79H56/c1-49-21-33-57(34-22-49)77(58-35-23-50(2)24-36-58)69-17-9-5-13-61(69)65-41-29-53(45-73(65)77)55-31-43-67-63-15-7-11-19-71(63)79(75(67)47-55)72-20-12-8-16-64(72)68-44-32-56(48-76(68)79)54-30-42-66-62-14-6-10-18-70(62)78(74(66)46-54,59-37-25-51(3)26-38-59)60-39-27-52(4)28-40-60/h5-48H,1-4H3. The highest BCUT2D eigenvalue weighted by atomic mass is 14.5. The summed E-state index contributed by atoms with van der Waals surface area (Å²) >= 11 is 0. The molecule has 0 saturated carbocycles. The summed E-state index contributed by atoms with van der Waals surface area (Å²) in [6.45, 7) is 8.75. The highest BCUT2D eigenvalue weighted by Crippen LogP contribution is 2.65. The number of hydrogen-bond acceptors (Lipinski definition) is 0. The van der Waals surface area contributed by atoms with Gasteiger partial charge in [0, 0.05) is 0 Å². The van der Waals surface area contributed by atoms with E-state index in [2.05, 4.69) is 295 Å². The topological polar surface area (TPSA) is 0 Å². The van der Waals surface area contributed by atoms with E-state index >= 15 is 0 Å². The Kier molecular flexibility index (Phi) is 9.75. The Morgan fingerprint density at radius 2 is 0.380 bits per heavy atom. The van der Waals surface area contributed by atoms with Gasteiger partial charge in [-0.25, -0.2) is 0 Å². The van der Waals surface area contributed by atoms with Gasteiger partial charge in [0.25, 0.3) is 0 Å². The van der Waals surface area contributed by atoms with Crippen molar-refractivity contribution in [2.75, 3.05) is 0 Å². The van der Waals surface area contributed by atoms with Crippen LogP contribution in [-0.4, -0.2) is 0 Å². The molecule has 0 bridgehead atoms. The first-order valence-corrected chi connectivity index (χ1v) is 28.0. The fourth-order valence-corrected chi connectivity index (χ4v) is 15.2. The molecule has 12 aromatic rings. The van der Waals surface area contributed by atoms with Crippen molar-refractivity contribution < 1.29 is 0 Å². The van der Waals surface area contributed by atoms with Crippen molar-refractivity contribution >= 4 is 0 Å². The predicted molar refractivity (Wildman–Crippen MR) is 327 cm³/mol. The van der Waals surface area contributed by atoms with E-state index in [-0.39, 0.29) is 0 Å². The fourth-order valence-electron chi connectivity index (χ4n) is 15.2. The van der Waals surface area contributed by atoms with Gasteiger partial charge in [-0.15, -0.1) is 0 Å². The Morgan fingerprint density at radius 3 is 0.633 bits per heavy atom. The van der Waals surface area contributed by atoms with Crippen molar-refractivity contribution in [2.24, 2.45) is 0 Å². The molecule has 0 unspecified atom stereocenters. The smallest absolute Gasteiger partial charge is 0.0619 e. The molecule has 0 atom stereocenters. The number of aryl methyl sites for hydroxylation is 4. The van der Waals surface area contributed by atoms with E-state index in [1.807, 2.05) is 0 Å². The van der Waals surface area contributed by atoms with E-state index < -0.39 is 16.2 Å². The molecule has 0 saturated heterocycles. The molecule has 0 heteroatoms. The monoisotopic (exact) mass is 1000 g/mol. The van der Waals surface area contributed by atoms with Gasteiger partial charge >= 0.3 is 0 Å². The fraction of sp³-hybridized carbons (Fsp3) is 0.0886. The molecule has 1 spiro atoms. The van der Waals surface area contributed by atoms with Gasteiger partial charge in [0.2, 0.25) is 0 Å². The normalized spacial score (nSPS) is 14.6. The van der Waals surface area contributed by atoms with Crippen molar-refractivity contribution in [3.63, 3.8) is 0 Å². The summed E-state index contributed by atoms with van der Waals surface area (Å²) in [6.07, 6.45) is 0. The van der Waals surface area contributed by atoms with Crippen molar-refractivity contribution in [1.29, 1.82) is 0 Å². The van der Waals surface area contributed by atoms with Crippen LogP contribution in [0.2, 0.25) is 0 Å². The first kappa shape index (κ1) is 45.8. The molecule has 79 heavy (non-hydrogen) atoms. The second kappa shape index (κ2) is 16.8. The maximum Gasteiger partial charge on any atom is 0.0725 e. The van der Waals surface area contributed by atoms with Crippen molar-refractivity contribution in [3.05, 3.63) is 356 Å². The van der Waals surface area contributed by atoms with E-state index in [9.17, 15) is 0 Å². The molecule has 0 N–H and O–H groups in total. The van der Waals surface area contributed by atoms with Crippen LogP contribution in [0.4, 0.5) is 0 Å². The lowest BCUT2D eigenvalue weighted by Gasteiger charge is -2.34. The minimum Gasteiger partial charge on any atom is -0.0619 e. The summed E-state index contributed by atoms with van der Waals surface area (Å²) in [6, 6.07) is 103. The SMILES string of the molecule is Cc1ccc(C2(c3ccc(C)cc3)c3ccccc3-c3ccc(-c4ccc5c(c4)C4(c6ccccc6-5)c5ccccc5-c5ccc(-c6ccc7c(c6)C(c6ccc(C)cc6)(c6ccc(C)cc6)c6ccccc6-7)cc54)cc32)cc1. The minimum absolute atomic E-state index is 0.502. The summed E-state index contributed by atoms with van der Waals surface area (Å²) in [4.78, 5) is 0. The largest absolute Gasteiger partial charge is 0.0725 e. The van der Waals surface area contributed by atoms with Crippen LogP contribution in [0.1, 0.15) is 89.0 Å². The summed E-state index contributed by atoms with van der Waals surface area (Å²) in [5, 5.41) is 0. The molecule has 372 valence electrons. The second-order valence-electron chi connectivity index (χ2n) is 22.9. The van der Waals surface area contributed by atoms with Crippen molar-refractivity contribution in [1.82, 2.24) is 0 Å². The first-order chi connectivity index (χ1) is 38.8. The van der Waals surface area contributed by atoms with E-state index in [1.165, 1.54) is 156 Å². The lowest BCUT2D eigenvalue weighted by Crippen LogP contribution is -2.28. The highest BCUT2D eigenvalue weighted by Gasteiger charge is 2.53. The molecule has 4 aliphatic carbocycles. The summed E-state index contributed by atoms with van der Waals surface area (Å²) in [7, 11) is 0. The molecule has 0 radical (unpaired) electrons. The molecule has 0 aliphatic heterocycles. The maximum atomic E-state index is 2.56. The van der Waals surface area contributed by atoms with Gasteiger partial charge in [0.05, 0.1) is 16.2 Å². The van der Waals surface area contributed by atoms with E-state index in [0.29, 0.717) is 0 Å². The first-order valence-electron chi connectivity index (χ1n) is 28.0. The zero-order valence-corrected chi connectivity index (χ0v) is 44.9. The third-order valence-electron chi connectivity index (χ3n) is 18.8. The highest BCUT2D eigenvalue weighted by molar-refractivity contribution is 5.98. The Labute approximate surface area is 464 Å². The van der Waals surface area contributed by atoms with Gasteiger partial charge in [-0.3, -0.25) is 0 Å². The van der Waals surface area contributed by atoms with Crippen molar-refractivity contribution in [3.8, 4) is 66.8 Å². The zero-order valence-electron chi connectivity index (χ0n) is 44.9. The average Bonchev–Trinajstić information content (AvgIpc) is 2.66. The molecular weight excluding hydrogens is 949 g/mol. The third kappa shape index (κ3) is 6.15. The lowest BCUT2D eigenvalue weighted by molar-refractivity contribution is 0.767. The van der Waals surface area contributed by atoms with Crippen LogP contribution in [0, 0.1) is 27.7 Å². The van der Waals surface area contributed by atoms with Gasteiger partial charge in [-0.2, -0.15) is 0 Å². The van der Waals surface area contributed by atoms with Crippen LogP contribution in [-0.2, 0) is 16.2 Å². The van der Waals surface area contributed by atoms with Crippen LogP contribution in [0.3, 0.4) is 0 Å². The van der Waals surface area contributed by atoms with Crippen LogP contribution in [0.15, 0.2) is 267 Å².